The second-order valence-electron chi connectivity index (χ2n) is 6.01. The number of aromatic nitrogens is 1. The van der Waals surface area contributed by atoms with Gasteiger partial charge in [0.1, 0.15) is 5.01 Å². The number of hydrogen-bond donors (Lipinski definition) is 2. The highest BCUT2D eigenvalue weighted by Crippen LogP contribution is 2.16. The Morgan fingerprint density at radius 2 is 2.25 bits per heavy atom. The molecule has 1 aliphatic heterocycles. The zero-order chi connectivity index (χ0) is 17.7. The van der Waals surface area contributed by atoms with E-state index in [1.54, 1.807) is 28.2 Å². The molecule has 1 unspecified atom stereocenters. The summed E-state index contributed by atoms with van der Waals surface area (Å²) in [7, 11) is 1.81. The summed E-state index contributed by atoms with van der Waals surface area (Å²) >= 11 is 1.60. The first kappa shape index (κ1) is 18.6. The normalized spacial score (nSPS) is 18.0. The maximum atomic E-state index is 12.3. The van der Waals surface area contributed by atoms with E-state index < -0.39 is 0 Å². The van der Waals surface area contributed by atoms with Crippen LogP contribution in [0.15, 0.2) is 0 Å². The van der Waals surface area contributed by atoms with Crippen LogP contribution >= 0.6 is 11.3 Å². The lowest BCUT2D eigenvalue weighted by molar-refractivity contribution is -0.119. The lowest BCUT2D eigenvalue weighted by Gasteiger charge is -2.34. The van der Waals surface area contributed by atoms with Crippen molar-refractivity contribution < 1.29 is 14.3 Å². The summed E-state index contributed by atoms with van der Waals surface area (Å²) in [5.74, 6) is -0.378. The lowest BCUT2D eigenvalue weighted by Crippen LogP contribution is -2.52. The Hall–Kier alpha value is -1.71. The number of amides is 3. The first-order valence-corrected chi connectivity index (χ1v) is 8.71. The molecule has 2 heterocycles. The molecule has 0 spiro atoms. The number of rotatable bonds is 6. The number of thiazole rings is 1. The van der Waals surface area contributed by atoms with Gasteiger partial charge in [0, 0.05) is 24.5 Å². The zero-order valence-electron chi connectivity index (χ0n) is 14.4. The van der Waals surface area contributed by atoms with Gasteiger partial charge >= 0.3 is 6.03 Å². The number of hydrogen-bond acceptors (Lipinski definition) is 6. The van der Waals surface area contributed by atoms with Gasteiger partial charge in [-0.25, -0.2) is 9.78 Å². The highest BCUT2D eigenvalue weighted by molar-refractivity contribution is 7.11. The molecule has 8 nitrogen and oxygen atoms in total. The number of aryl methyl sites for hydroxylation is 2. The number of nitrogens with two attached hydrogens (primary N) is 1. The van der Waals surface area contributed by atoms with Crippen LogP contribution in [0.2, 0.25) is 0 Å². The van der Waals surface area contributed by atoms with Crippen LogP contribution < -0.4 is 11.1 Å². The quantitative estimate of drug-likeness (QED) is 0.753. The molecule has 3 amide bonds. The van der Waals surface area contributed by atoms with Gasteiger partial charge in [-0.2, -0.15) is 0 Å². The van der Waals surface area contributed by atoms with Crippen molar-refractivity contribution in [2.45, 2.75) is 26.5 Å². The molecule has 134 valence electrons. The Balaban J connectivity index is 1.80. The summed E-state index contributed by atoms with van der Waals surface area (Å²) in [6, 6.07) is -0.119. The molecule has 3 N–H and O–H groups in total. The van der Waals surface area contributed by atoms with Gasteiger partial charge in [0.05, 0.1) is 31.5 Å². The van der Waals surface area contributed by atoms with Crippen LogP contribution in [0.25, 0.3) is 0 Å². The van der Waals surface area contributed by atoms with Gasteiger partial charge in [0.2, 0.25) is 5.91 Å². The molecule has 1 aromatic rings. The molecule has 2 rings (SSSR count). The Kier molecular flexibility index (Phi) is 6.52. The number of carbonyl (C=O) groups excluding carboxylic acids is 2. The van der Waals surface area contributed by atoms with Gasteiger partial charge in [0.25, 0.3) is 0 Å². The van der Waals surface area contributed by atoms with Crippen molar-refractivity contribution >= 4 is 23.3 Å². The fourth-order valence-electron chi connectivity index (χ4n) is 2.57. The summed E-state index contributed by atoms with van der Waals surface area (Å²) in [4.78, 5) is 32.4. The summed E-state index contributed by atoms with van der Waals surface area (Å²) in [5.41, 5.74) is 6.19. The van der Waals surface area contributed by atoms with E-state index in [9.17, 15) is 9.59 Å². The fraction of sp³-hybridized carbons (Fsp3) is 0.667. The van der Waals surface area contributed by atoms with E-state index in [2.05, 4.69) is 10.3 Å². The molecule has 1 atom stereocenters. The van der Waals surface area contributed by atoms with E-state index in [-0.39, 0.29) is 24.6 Å². The zero-order valence-corrected chi connectivity index (χ0v) is 15.2. The Labute approximate surface area is 146 Å². The standard InChI is InChI=1S/C15H25N5O3S/c1-10-11(2)24-14(18-10)6-17-15(22)20-4-5-23-12(8-20)7-19(3)9-13(16)21/h12H,4-9H2,1-3H3,(H2,16,21)(H,17,22). The van der Waals surface area contributed by atoms with Crippen molar-refractivity contribution in [3.05, 3.63) is 15.6 Å². The highest BCUT2D eigenvalue weighted by atomic mass is 32.1. The molecule has 0 saturated carbocycles. The molecule has 1 aromatic heterocycles. The van der Waals surface area contributed by atoms with Crippen LogP contribution in [0, 0.1) is 13.8 Å². The Morgan fingerprint density at radius 1 is 1.50 bits per heavy atom. The molecule has 0 bridgehead atoms. The van der Waals surface area contributed by atoms with Gasteiger partial charge in [-0.05, 0) is 20.9 Å². The predicted octanol–water partition coefficient (Wildman–Crippen LogP) is 0.0874. The Bertz CT molecular complexity index is 572. The van der Waals surface area contributed by atoms with E-state index in [0.717, 1.165) is 10.7 Å². The van der Waals surface area contributed by atoms with Crippen molar-refractivity contribution in [1.29, 1.82) is 0 Å². The number of likely N-dealkylation sites (N-methyl/N-ethyl adjacent to an activating group) is 1. The van der Waals surface area contributed by atoms with Gasteiger partial charge < -0.3 is 20.7 Å². The van der Waals surface area contributed by atoms with Gasteiger partial charge in [-0.15, -0.1) is 11.3 Å². The van der Waals surface area contributed by atoms with Crippen LogP contribution in [0.5, 0.6) is 0 Å². The average molecular weight is 355 g/mol. The van der Waals surface area contributed by atoms with Crippen LogP contribution in [0.4, 0.5) is 4.79 Å². The first-order chi connectivity index (χ1) is 11.3. The number of primary amides is 1. The molecular weight excluding hydrogens is 330 g/mol. The van der Waals surface area contributed by atoms with E-state index in [1.165, 1.54) is 4.88 Å². The molecule has 9 heteroatoms. The second kappa shape index (κ2) is 8.41. The van der Waals surface area contributed by atoms with Crippen LogP contribution in [0.1, 0.15) is 15.6 Å². The van der Waals surface area contributed by atoms with Crippen molar-refractivity contribution in [3.63, 3.8) is 0 Å². The van der Waals surface area contributed by atoms with Crippen LogP contribution in [0.3, 0.4) is 0 Å². The van der Waals surface area contributed by atoms with E-state index in [0.29, 0.717) is 32.8 Å². The largest absolute Gasteiger partial charge is 0.373 e. The number of urea groups is 1. The van der Waals surface area contributed by atoms with E-state index >= 15 is 0 Å². The van der Waals surface area contributed by atoms with Gasteiger partial charge in [0.15, 0.2) is 0 Å². The minimum atomic E-state index is -0.378. The topological polar surface area (TPSA) is 101 Å². The van der Waals surface area contributed by atoms with E-state index in [4.69, 9.17) is 10.5 Å². The third-order valence-corrected chi connectivity index (χ3v) is 4.90. The van der Waals surface area contributed by atoms with Crippen molar-refractivity contribution in [1.82, 2.24) is 20.1 Å². The number of nitrogens with one attached hydrogen (secondary N) is 1. The minimum absolute atomic E-state index is 0.119. The lowest BCUT2D eigenvalue weighted by atomic mass is 10.2. The summed E-state index contributed by atoms with van der Waals surface area (Å²) in [5, 5.41) is 3.81. The maximum absolute atomic E-state index is 12.3. The predicted molar refractivity (Wildman–Crippen MR) is 91.8 cm³/mol. The maximum Gasteiger partial charge on any atom is 0.317 e. The first-order valence-electron chi connectivity index (χ1n) is 7.89. The monoisotopic (exact) mass is 355 g/mol. The van der Waals surface area contributed by atoms with Crippen LogP contribution in [-0.2, 0) is 16.1 Å². The summed E-state index contributed by atoms with van der Waals surface area (Å²) in [6.45, 7) is 6.68. The highest BCUT2D eigenvalue weighted by Gasteiger charge is 2.25. The summed E-state index contributed by atoms with van der Waals surface area (Å²) < 4.78 is 5.67. The molecule has 1 saturated heterocycles. The third kappa shape index (κ3) is 5.43. The van der Waals surface area contributed by atoms with Crippen molar-refractivity contribution in [3.8, 4) is 0 Å². The fourth-order valence-corrected chi connectivity index (χ4v) is 3.44. The molecule has 1 aliphatic rings. The molecular formula is C15H25N5O3S. The number of nitrogens with zero attached hydrogens (tertiary/aromatic N) is 3. The number of morpholine rings is 1. The van der Waals surface area contributed by atoms with Crippen molar-refractivity contribution in [2.75, 3.05) is 39.8 Å². The summed E-state index contributed by atoms with van der Waals surface area (Å²) in [6.07, 6.45) is -0.127. The smallest absolute Gasteiger partial charge is 0.317 e. The van der Waals surface area contributed by atoms with Gasteiger partial charge in [-0.1, -0.05) is 0 Å². The Morgan fingerprint density at radius 3 is 2.88 bits per heavy atom. The van der Waals surface area contributed by atoms with Crippen molar-refractivity contribution in [2.24, 2.45) is 5.73 Å². The van der Waals surface area contributed by atoms with E-state index in [1.807, 2.05) is 13.8 Å². The average Bonchev–Trinajstić information content (AvgIpc) is 2.82. The number of carbonyl (C=O) groups is 2. The molecule has 24 heavy (non-hydrogen) atoms. The molecule has 0 aliphatic carbocycles. The number of ether oxygens (including phenoxy) is 1. The van der Waals surface area contributed by atoms with Gasteiger partial charge in [-0.3, -0.25) is 9.69 Å². The molecule has 0 aromatic carbocycles. The minimum Gasteiger partial charge on any atom is -0.373 e. The molecule has 0 radical (unpaired) electrons. The molecule has 1 fully saturated rings. The van der Waals surface area contributed by atoms with Crippen LogP contribution in [-0.4, -0.2) is 72.7 Å². The third-order valence-electron chi connectivity index (χ3n) is 3.83. The second-order valence-corrected chi connectivity index (χ2v) is 7.30. The SMILES string of the molecule is Cc1nc(CNC(=O)N2CCOC(CN(C)CC(N)=O)C2)sc1C.